The van der Waals surface area contributed by atoms with Gasteiger partial charge in [0.2, 0.25) is 5.91 Å². The number of likely N-dealkylation sites (tertiary alicyclic amines) is 1. The Morgan fingerprint density at radius 1 is 1.00 bits per heavy atom. The van der Waals surface area contributed by atoms with Gasteiger partial charge >= 0.3 is 6.03 Å². The standard InChI is InChI=1S/C17H25N3O3/c21-15(18-9-3-5-12-4-1-2-6-14(12)18)11-20-16(22)10-19(17(20)23)13-7-8-13/h12-14H,1-11H2. The molecule has 2 aliphatic carbocycles. The number of hydrogen-bond acceptors (Lipinski definition) is 3. The molecule has 6 nitrogen and oxygen atoms in total. The lowest BCUT2D eigenvalue weighted by atomic mass is 9.78. The van der Waals surface area contributed by atoms with Gasteiger partial charge in [-0.1, -0.05) is 12.8 Å². The summed E-state index contributed by atoms with van der Waals surface area (Å²) in [6, 6.07) is 0.296. The van der Waals surface area contributed by atoms with Crippen LogP contribution in [0, 0.1) is 5.92 Å². The van der Waals surface area contributed by atoms with Crippen molar-refractivity contribution in [1.82, 2.24) is 14.7 Å². The van der Waals surface area contributed by atoms with Gasteiger partial charge in [-0.15, -0.1) is 0 Å². The summed E-state index contributed by atoms with van der Waals surface area (Å²) >= 11 is 0. The first kappa shape index (κ1) is 15.0. The Morgan fingerprint density at radius 3 is 2.52 bits per heavy atom. The second-order valence-corrected chi connectivity index (χ2v) is 7.46. The first-order valence-corrected chi connectivity index (χ1v) is 9.05. The molecule has 126 valence electrons. The molecule has 2 unspecified atom stereocenters. The maximum Gasteiger partial charge on any atom is 0.327 e. The Kier molecular flexibility index (Phi) is 3.77. The van der Waals surface area contributed by atoms with E-state index in [-0.39, 0.29) is 37.0 Å². The van der Waals surface area contributed by atoms with Crippen LogP contribution in [-0.2, 0) is 9.59 Å². The fourth-order valence-corrected chi connectivity index (χ4v) is 4.55. The van der Waals surface area contributed by atoms with E-state index in [0.29, 0.717) is 12.0 Å². The highest BCUT2D eigenvalue weighted by Crippen LogP contribution is 2.35. The van der Waals surface area contributed by atoms with E-state index >= 15 is 0 Å². The van der Waals surface area contributed by atoms with Crippen molar-refractivity contribution in [2.24, 2.45) is 5.92 Å². The molecule has 4 aliphatic rings. The Labute approximate surface area is 136 Å². The first-order chi connectivity index (χ1) is 11.1. The molecular weight excluding hydrogens is 294 g/mol. The second-order valence-electron chi connectivity index (χ2n) is 7.46. The highest BCUT2D eigenvalue weighted by molar-refractivity contribution is 6.04. The van der Waals surface area contributed by atoms with Crippen LogP contribution in [-0.4, -0.2) is 64.3 Å². The Bertz CT molecular complexity index is 529. The number of carbonyl (C=O) groups excluding carboxylic acids is 3. The van der Waals surface area contributed by atoms with Crippen LogP contribution in [0.1, 0.15) is 51.4 Å². The summed E-state index contributed by atoms with van der Waals surface area (Å²) in [5, 5.41) is 0. The maximum atomic E-state index is 12.8. The third-order valence-corrected chi connectivity index (χ3v) is 5.93. The predicted octanol–water partition coefficient (Wildman–Crippen LogP) is 1.59. The van der Waals surface area contributed by atoms with Crippen molar-refractivity contribution >= 4 is 17.8 Å². The van der Waals surface area contributed by atoms with Gasteiger partial charge in [0, 0.05) is 18.6 Å². The molecule has 4 fully saturated rings. The van der Waals surface area contributed by atoms with Gasteiger partial charge in [0.25, 0.3) is 5.91 Å². The van der Waals surface area contributed by atoms with E-state index in [1.54, 1.807) is 4.90 Å². The zero-order valence-corrected chi connectivity index (χ0v) is 13.6. The van der Waals surface area contributed by atoms with Crippen LogP contribution in [0.25, 0.3) is 0 Å². The van der Waals surface area contributed by atoms with E-state index < -0.39 is 0 Å². The predicted molar refractivity (Wildman–Crippen MR) is 83.5 cm³/mol. The summed E-state index contributed by atoms with van der Waals surface area (Å²) in [6.45, 7) is 0.871. The highest BCUT2D eigenvalue weighted by atomic mass is 16.2. The van der Waals surface area contributed by atoms with E-state index in [1.807, 2.05) is 4.90 Å². The summed E-state index contributed by atoms with van der Waals surface area (Å²) in [5.74, 6) is 0.364. The van der Waals surface area contributed by atoms with Crippen molar-refractivity contribution in [3.05, 3.63) is 0 Å². The minimum Gasteiger partial charge on any atom is -0.338 e. The van der Waals surface area contributed by atoms with Crippen LogP contribution < -0.4 is 0 Å². The summed E-state index contributed by atoms with van der Waals surface area (Å²) in [7, 11) is 0. The fourth-order valence-electron chi connectivity index (χ4n) is 4.55. The van der Waals surface area contributed by atoms with Crippen LogP contribution in [0.2, 0.25) is 0 Å². The monoisotopic (exact) mass is 319 g/mol. The lowest BCUT2D eigenvalue weighted by Gasteiger charge is -2.44. The molecule has 2 heterocycles. The Balaban J connectivity index is 1.42. The molecule has 0 aromatic carbocycles. The van der Waals surface area contributed by atoms with Crippen molar-refractivity contribution in [2.45, 2.75) is 63.5 Å². The van der Waals surface area contributed by atoms with Gasteiger partial charge in [0.1, 0.15) is 13.1 Å². The number of piperidine rings is 1. The molecule has 2 saturated carbocycles. The average Bonchev–Trinajstić information content (AvgIpc) is 3.37. The number of carbonyl (C=O) groups is 3. The number of nitrogens with zero attached hydrogens (tertiary/aromatic N) is 3. The van der Waals surface area contributed by atoms with Gasteiger partial charge in [-0.2, -0.15) is 0 Å². The van der Waals surface area contributed by atoms with Crippen molar-refractivity contribution in [2.75, 3.05) is 19.6 Å². The zero-order chi connectivity index (χ0) is 16.0. The van der Waals surface area contributed by atoms with Gasteiger partial charge in [0.15, 0.2) is 0 Å². The van der Waals surface area contributed by atoms with E-state index in [4.69, 9.17) is 0 Å². The molecule has 4 amide bonds. The number of amides is 4. The van der Waals surface area contributed by atoms with Gasteiger partial charge in [-0.3, -0.25) is 14.5 Å². The molecule has 2 saturated heterocycles. The van der Waals surface area contributed by atoms with Crippen molar-refractivity contribution in [1.29, 1.82) is 0 Å². The first-order valence-electron chi connectivity index (χ1n) is 9.05. The van der Waals surface area contributed by atoms with E-state index in [9.17, 15) is 14.4 Å². The molecular formula is C17H25N3O3. The minimum absolute atomic E-state index is 0.0408. The number of urea groups is 1. The van der Waals surface area contributed by atoms with Crippen LogP contribution in [0.5, 0.6) is 0 Å². The average molecular weight is 319 g/mol. The quantitative estimate of drug-likeness (QED) is 0.742. The van der Waals surface area contributed by atoms with Crippen LogP contribution >= 0.6 is 0 Å². The highest BCUT2D eigenvalue weighted by Gasteiger charge is 2.45. The molecule has 0 N–H and O–H groups in total. The number of rotatable bonds is 3. The number of fused-ring (bicyclic) bond motifs is 1. The molecule has 2 atom stereocenters. The number of imide groups is 1. The van der Waals surface area contributed by atoms with Crippen LogP contribution in [0.15, 0.2) is 0 Å². The molecule has 0 aromatic rings. The topological polar surface area (TPSA) is 60.9 Å². The fraction of sp³-hybridized carbons (Fsp3) is 0.824. The second kappa shape index (κ2) is 5.80. The maximum absolute atomic E-state index is 12.8. The molecule has 23 heavy (non-hydrogen) atoms. The molecule has 2 aliphatic heterocycles. The van der Waals surface area contributed by atoms with Gasteiger partial charge in [-0.05, 0) is 44.4 Å². The van der Waals surface area contributed by atoms with Crippen molar-refractivity contribution in [3.8, 4) is 0 Å². The molecule has 0 spiro atoms. The molecule has 4 rings (SSSR count). The van der Waals surface area contributed by atoms with Gasteiger partial charge in [-0.25, -0.2) is 4.79 Å². The van der Waals surface area contributed by atoms with Gasteiger partial charge < -0.3 is 9.80 Å². The number of hydrogen-bond donors (Lipinski definition) is 0. The Hall–Kier alpha value is -1.59. The lowest BCUT2D eigenvalue weighted by molar-refractivity contribution is -0.141. The minimum atomic E-state index is -0.261. The van der Waals surface area contributed by atoms with Crippen molar-refractivity contribution < 1.29 is 14.4 Å². The van der Waals surface area contributed by atoms with E-state index in [0.717, 1.165) is 32.2 Å². The molecule has 6 heteroatoms. The van der Waals surface area contributed by atoms with Crippen LogP contribution in [0.4, 0.5) is 4.79 Å². The largest absolute Gasteiger partial charge is 0.338 e. The van der Waals surface area contributed by atoms with Gasteiger partial charge in [0.05, 0.1) is 0 Å². The SMILES string of the molecule is O=C1CN(C2CC2)C(=O)N1CC(=O)N1CCCC2CCCCC21. The smallest absolute Gasteiger partial charge is 0.327 e. The summed E-state index contributed by atoms with van der Waals surface area (Å²) in [4.78, 5) is 42.0. The van der Waals surface area contributed by atoms with Crippen LogP contribution in [0.3, 0.4) is 0 Å². The third kappa shape index (κ3) is 2.72. The Morgan fingerprint density at radius 2 is 1.74 bits per heavy atom. The third-order valence-electron chi connectivity index (χ3n) is 5.93. The van der Waals surface area contributed by atoms with E-state index in [2.05, 4.69) is 0 Å². The summed E-state index contributed by atoms with van der Waals surface area (Å²) < 4.78 is 0. The molecule has 0 bridgehead atoms. The van der Waals surface area contributed by atoms with Crippen molar-refractivity contribution in [3.63, 3.8) is 0 Å². The molecule has 0 aromatic heterocycles. The zero-order valence-electron chi connectivity index (χ0n) is 13.6. The molecule has 0 radical (unpaired) electrons. The normalized spacial score (nSPS) is 31.6. The summed E-state index contributed by atoms with van der Waals surface area (Å²) in [6.07, 6.45) is 8.96. The summed E-state index contributed by atoms with van der Waals surface area (Å²) in [5.41, 5.74) is 0. The van der Waals surface area contributed by atoms with E-state index in [1.165, 1.54) is 30.6 Å². The lowest BCUT2D eigenvalue weighted by Crippen LogP contribution is -2.53.